The molecule has 2 rings (SSSR count). The molecule has 1 amide bonds. The molecule has 0 heterocycles. The first kappa shape index (κ1) is 14.0. The van der Waals surface area contributed by atoms with E-state index in [9.17, 15) is 4.79 Å². The van der Waals surface area contributed by atoms with E-state index in [1.807, 2.05) is 18.2 Å². The summed E-state index contributed by atoms with van der Waals surface area (Å²) in [5, 5.41) is 3.63. The van der Waals surface area contributed by atoms with Crippen molar-refractivity contribution in [2.45, 2.75) is 0 Å². The molecule has 0 spiro atoms. The summed E-state index contributed by atoms with van der Waals surface area (Å²) in [6, 6.07) is 10.4. The number of nitrogens with one attached hydrogen (secondary N) is 1. The van der Waals surface area contributed by atoms with Gasteiger partial charge in [0.25, 0.3) is 5.91 Å². The van der Waals surface area contributed by atoms with E-state index in [1.54, 1.807) is 18.2 Å². The molecule has 5 N–H and O–H groups in total. The van der Waals surface area contributed by atoms with E-state index in [2.05, 4.69) is 27.9 Å². The van der Waals surface area contributed by atoms with Gasteiger partial charge in [0, 0.05) is 9.26 Å². The van der Waals surface area contributed by atoms with Gasteiger partial charge < -0.3 is 16.8 Å². The van der Waals surface area contributed by atoms with Crippen LogP contribution in [0.15, 0.2) is 36.4 Å². The third kappa shape index (κ3) is 3.30. The van der Waals surface area contributed by atoms with Gasteiger partial charge in [-0.25, -0.2) is 0 Å². The first-order chi connectivity index (χ1) is 8.97. The predicted octanol–water partition coefficient (Wildman–Crippen LogP) is 3.37. The Bertz CT molecular complexity index is 646. The summed E-state index contributed by atoms with van der Waals surface area (Å²) in [4.78, 5) is 11.4. The average Bonchev–Trinajstić information content (AvgIpc) is 2.32. The van der Waals surface area contributed by atoms with Crippen LogP contribution in [0, 0.1) is 3.57 Å². The monoisotopic (exact) mass is 387 g/mol. The largest absolute Gasteiger partial charge is 0.399 e. The number of carbonyl (C=O) groups excluding carboxylic acids is 1. The highest BCUT2D eigenvalue weighted by atomic mass is 127. The molecule has 0 aromatic heterocycles. The van der Waals surface area contributed by atoms with Crippen LogP contribution < -0.4 is 16.8 Å². The summed E-state index contributed by atoms with van der Waals surface area (Å²) < 4.78 is 1.02. The Morgan fingerprint density at radius 2 is 1.89 bits per heavy atom. The molecule has 2 aromatic carbocycles. The van der Waals surface area contributed by atoms with Crippen molar-refractivity contribution in [2.75, 3.05) is 11.1 Å². The van der Waals surface area contributed by atoms with Crippen LogP contribution in [0.4, 0.5) is 17.1 Å². The molecule has 0 unspecified atom stereocenters. The minimum Gasteiger partial charge on any atom is -0.399 e. The lowest BCUT2D eigenvalue weighted by Gasteiger charge is -2.12. The van der Waals surface area contributed by atoms with Crippen molar-refractivity contribution in [3.63, 3.8) is 0 Å². The molecule has 2 aromatic rings. The molecule has 0 saturated carbocycles. The molecule has 0 radical (unpaired) electrons. The van der Waals surface area contributed by atoms with E-state index in [0.29, 0.717) is 27.6 Å². The molecule has 0 fully saturated rings. The van der Waals surface area contributed by atoms with Gasteiger partial charge in [0.15, 0.2) is 0 Å². The quantitative estimate of drug-likeness (QED) is 0.558. The van der Waals surface area contributed by atoms with E-state index in [-0.39, 0.29) is 0 Å². The number of carbonyl (C=O) groups is 1. The zero-order valence-corrected chi connectivity index (χ0v) is 12.7. The van der Waals surface area contributed by atoms with Crippen molar-refractivity contribution in [2.24, 2.45) is 5.73 Å². The molecular weight excluding hydrogens is 377 g/mol. The smallest absolute Gasteiger partial charge is 0.250 e. The Morgan fingerprint density at radius 1 is 1.16 bits per heavy atom. The maximum Gasteiger partial charge on any atom is 0.250 e. The van der Waals surface area contributed by atoms with Gasteiger partial charge in [0.1, 0.15) is 0 Å². The maximum atomic E-state index is 11.4. The van der Waals surface area contributed by atoms with E-state index < -0.39 is 5.91 Å². The van der Waals surface area contributed by atoms with Gasteiger partial charge in [-0.3, -0.25) is 4.79 Å². The van der Waals surface area contributed by atoms with E-state index in [0.717, 1.165) is 3.57 Å². The lowest BCUT2D eigenvalue weighted by molar-refractivity contribution is 0.100. The predicted molar refractivity (Wildman–Crippen MR) is 86.8 cm³/mol. The molecule has 19 heavy (non-hydrogen) atoms. The minimum atomic E-state index is -0.524. The Morgan fingerprint density at radius 3 is 2.53 bits per heavy atom. The second-order valence-electron chi connectivity index (χ2n) is 3.92. The first-order valence-electron chi connectivity index (χ1n) is 5.39. The zero-order chi connectivity index (χ0) is 14.0. The molecule has 6 heteroatoms. The Labute approximate surface area is 129 Å². The zero-order valence-electron chi connectivity index (χ0n) is 9.78. The van der Waals surface area contributed by atoms with Crippen molar-refractivity contribution in [3.8, 4) is 0 Å². The fourth-order valence-electron chi connectivity index (χ4n) is 1.62. The number of rotatable bonds is 3. The summed E-state index contributed by atoms with van der Waals surface area (Å²) in [7, 11) is 0. The highest BCUT2D eigenvalue weighted by Crippen LogP contribution is 2.29. The SMILES string of the molecule is NC(=O)c1ccc(N)cc1Nc1ccc(I)cc1Cl. The van der Waals surface area contributed by atoms with Crippen LogP contribution in [0.5, 0.6) is 0 Å². The fourth-order valence-corrected chi connectivity index (χ4v) is 2.52. The molecule has 0 aliphatic heterocycles. The Hall–Kier alpha value is -1.47. The summed E-state index contributed by atoms with van der Waals surface area (Å²) in [5.41, 5.74) is 13.2. The lowest BCUT2D eigenvalue weighted by atomic mass is 10.1. The number of nitrogen functional groups attached to an aromatic ring is 1. The highest BCUT2D eigenvalue weighted by Gasteiger charge is 2.10. The Balaban J connectivity index is 2.42. The van der Waals surface area contributed by atoms with Crippen LogP contribution in [-0.4, -0.2) is 5.91 Å². The molecule has 98 valence electrons. The number of primary amides is 1. The summed E-state index contributed by atoms with van der Waals surface area (Å²) in [6.07, 6.45) is 0. The van der Waals surface area contributed by atoms with Crippen LogP contribution in [-0.2, 0) is 0 Å². The first-order valence-corrected chi connectivity index (χ1v) is 6.84. The molecule has 0 bridgehead atoms. The number of anilines is 3. The molecule has 0 atom stereocenters. The maximum absolute atomic E-state index is 11.4. The van der Waals surface area contributed by atoms with Gasteiger partial charge in [-0.05, 0) is 59.0 Å². The third-order valence-corrected chi connectivity index (χ3v) is 3.49. The summed E-state index contributed by atoms with van der Waals surface area (Å²) in [6.45, 7) is 0. The van der Waals surface area contributed by atoms with Crippen molar-refractivity contribution in [1.29, 1.82) is 0 Å². The van der Waals surface area contributed by atoms with E-state index in [1.165, 1.54) is 0 Å². The average molecular weight is 388 g/mol. The number of halogens is 2. The number of amides is 1. The molecule has 0 aliphatic carbocycles. The van der Waals surface area contributed by atoms with Gasteiger partial charge in [0.05, 0.1) is 22.0 Å². The molecular formula is C13H11ClIN3O. The van der Waals surface area contributed by atoms with Crippen molar-refractivity contribution >= 4 is 57.2 Å². The number of hydrogen-bond donors (Lipinski definition) is 3. The highest BCUT2D eigenvalue weighted by molar-refractivity contribution is 14.1. The van der Waals surface area contributed by atoms with Gasteiger partial charge in [-0.2, -0.15) is 0 Å². The van der Waals surface area contributed by atoms with Gasteiger partial charge in [0.2, 0.25) is 0 Å². The normalized spacial score (nSPS) is 10.2. The van der Waals surface area contributed by atoms with Crippen molar-refractivity contribution in [1.82, 2.24) is 0 Å². The number of nitrogens with two attached hydrogens (primary N) is 2. The number of benzene rings is 2. The summed E-state index contributed by atoms with van der Waals surface area (Å²) in [5.74, 6) is -0.524. The Kier molecular flexibility index (Phi) is 4.16. The topological polar surface area (TPSA) is 81.1 Å². The van der Waals surface area contributed by atoms with Crippen LogP contribution in [0.3, 0.4) is 0 Å². The van der Waals surface area contributed by atoms with Crippen molar-refractivity contribution < 1.29 is 4.79 Å². The summed E-state index contributed by atoms with van der Waals surface area (Å²) >= 11 is 8.31. The standard InChI is InChI=1S/C13H11ClIN3O/c14-10-5-7(15)1-4-11(10)18-12-6-8(16)2-3-9(12)13(17)19/h1-6,18H,16H2,(H2,17,19). The fraction of sp³-hybridized carbons (Fsp3) is 0. The second-order valence-corrected chi connectivity index (χ2v) is 5.57. The van der Waals surface area contributed by atoms with Gasteiger partial charge >= 0.3 is 0 Å². The molecule has 0 aliphatic rings. The van der Waals surface area contributed by atoms with E-state index in [4.69, 9.17) is 23.1 Å². The lowest BCUT2D eigenvalue weighted by Crippen LogP contribution is -2.13. The van der Waals surface area contributed by atoms with Crippen LogP contribution in [0.1, 0.15) is 10.4 Å². The van der Waals surface area contributed by atoms with Crippen molar-refractivity contribution in [3.05, 3.63) is 50.6 Å². The molecule has 0 saturated heterocycles. The van der Waals surface area contributed by atoms with Crippen LogP contribution >= 0.6 is 34.2 Å². The van der Waals surface area contributed by atoms with Gasteiger partial charge in [-0.1, -0.05) is 11.6 Å². The van der Waals surface area contributed by atoms with Crippen LogP contribution in [0.2, 0.25) is 5.02 Å². The minimum absolute atomic E-state index is 0.365. The third-order valence-electron chi connectivity index (χ3n) is 2.51. The van der Waals surface area contributed by atoms with E-state index >= 15 is 0 Å². The van der Waals surface area contributed by atoms with Gasteiger partial charge in [-0.15, -0.1) is 0 Å². The molecule has 4 nitrogen and oxygen atoms in total. The van der Waals surface area contributed by atoms with Crippen LogP contribution in [0.25, 0.3) is 0 Å². The second kappa shape index (κ2) is 5.66. The number of hydrogen-bond acceptors (Lipinski definition) is 3.